The topological polar surface area (TPSA) is 140 Å². The van der Waals surface area contributed by atoms with Crippen LogP contribution in [0.3, 0.4) is 0 Å². The van der Waals surface area contributed by atoms with Crippen molar-refractivity contribution in [2.45, 2.75) is 6.42 Å². The van der Waals surface area contributed by atoms with Gasteiger partial charge in [-0.15, -0.1) is 0 Å². The van der Waals surface area contributed by atoms with Crippen molar-refractivity contribution in [3.05, 3.63) is 66.9 Å². The third-order valence-corrected chi connectivity index (χ3v) is 5.56. The number of anilines is 2. The minimum absolute atomic E-state index is 0.145. The minimum Gasteiger partial charge on any atom is -0.497 e. The zero-order valence-corrected chi connectivity index (χ0v) is 21.0. The molecule has 0 saturated carbocycles. The largest absolute Gasteiger partial charge is 0.497 e. The number of ether oxygens (including phenoxy) is 3. The van der Waals surface area contributed by atoms with Crippen molar-refractivity contribution in [3.8, 4) is 17.2 Å². The third-order valence-electron chi connectivity index (χ3n) is 5.56. The lowest BCUT2D eigenvalue weighted by Crippen LogP contribution is -2.43. The first-order valence-corrected chi connectivity index (χ1v) is 11.4. The maximum atomic E-state index is 12.6. The number of benzene rings is 3. The number of fused-ring (bicyclic) bond motifs is 3. The summed E-state index contributed by atoms with van der Waals surface area (Å²) in [7, 11) is 4.40. The van der Waals surface area contributed by atoms with Gasteiger partial charge < -0.3 is 34.7 Å². The fraction of sp³-hybridized carbons (Fsp3) is 0.148. The fourth-order valence-electron chi connectivity index (χ4n) is 3.74. The summed E-state index contributed by atoms with van der Waals surface area (Å²) in [5, 5.41) is 6.98. The summed E-state index contributed by atoms with van der Waals surface area (Å²) in [4.78, 5) is 37.2. The van der Waals surface area contributed by atoms with Gasteiger partial charge in [-0.2, -0.15) is 0 Å². The van der Waals surface area contributed by atoms with E-state index in [4.69, 9.17) is 18.6 Å². The van der Waals surface area contributed by atoms with Crippen LogP contribution in [0.4, 0.5) is 11.4 Å². The van der Waals surface area contributed by atoms with Crippen LogP contribution < -0.4 is 35.7 Å². The highest BCUT2D eigenvalue weighted by Crippen LogP contribution is 2.36. The number of rotatable bonds is 9. The highest BCUT2D eigenvalue weighted by molar-refractivity contribution is 6.39. The Balaban J connectivity index is 1.34. The molecule has 3 amide bonds. The standard InChI is InChI=1S/C27H26N4O7/c1-15(30-31-27(34)26(33)29-19-12-16(35-2)9-10-22(19)36-3)11-25(32)28-20-14-23-18(13-24(20)37-4)17-7-5-6-8-21(17)38-23/h5-10,12-14,30H,1,11H2,2-4H3,(H,28,32)(H,29,33)(H,31,34). The molecule has 0 unspecified atom stereocenters. The van der Waals surface area contributed by atoms with Gasteiger partial charge in [0.05, 0.1) is 39.1 Å². The van der Waals surface area contributed by atoms with Crippen molar-refractivity contribution < 1.29 is 33.0 Å². The van der Waals surface area contributed by atoms with E-state index in [0.717, 1.165) is 16.4 Å². The normalized spacial score (nSPS) is 10.5. The molecule has 4 rings (SSSR count). The van der Waals surface area contributed by atoms with Gasteiger partial charge in [0.2, 0.25) is 5.91 Å². The van der Waals surface area contributed by atoms with Gasteiger partial charge in [0.1, 0.15) is 28.4 Å². The van der Waals surface area contributed by atoms with E-state index in [1.165, 1.54) is 27.4 Å². The summed E-state index contributed by atoms with van der Waals surface area (Å²) in [6.45, 7) is 3.72. The SMILES string of the molecule is C=C(CC(=O)Nc1cc2oc3ccccc3c2cc1OC)NNC(=O)C(=O)Nc1cc(OC)ccc1OC. The van der Waals surface area contributed by atoms with Gasteiger partial charge >= 0.3 is 11.8 Å². The van der Waals surface area contributed by atoms with Gasteiger partial charge in [-0.05, 0) is 24.3 Å². The van der Waals surface area contributed by atoms with Crippen LogP contribution in [0.2, 0.25) is 0 Å². The predicted octanol–water partition coefficient (Wildman–Crippen LogP) is 3.71. The highest BCUT2D eigenvalue weighted by atomic mass is 16.5. The maximum absolute atomic E-state index is 12.6. The first-order valence-electron chi connectivity index (χ1n) is 11.4. The van der Waals surface area contributed by atoms with Gasteiger partial charge in [0.25, 0.3) is 0 Å². The molecule has 0 atom stereocenters. The molecule has 0 aliphatic rings. The Morgan fingerprint density at radius 2 is 1.50 bits per heavy atom. The van der Waals surface area contributed by atoms with Crippen molar-refractivity contribution in [1.29, 1.82) is 0 Å². The van der Waals surface area contributed by atoms with Gasteiger partial charge in [-0.1, -0.05) is 24.8 Å². The van der Waals surface area contributed by atoms with Crippen molar-refractivity contribution in [2.24, 2.45) is 0 Å². The van der Waals surface area contributed by atoms with E-state index in [0.29, 0.717) is 28.5 Å². The first-order chi connectivity index (χ1) is 18.3. The molecule has 0 bridgehead atoms. The van der Waals surface area contributed by atoms with Crippen LogP contribution in [0.5, 0.6) is 17.2 Å². The van der Waals surface area contributed by atoms with Crippen molar-refractivity contribution in [1.82, 2.24) is 10.9 Å². The molecule has 1 aromatic heterocycles. The molecule has 0 aliphatic carbocycles. The molecule has 0 aliphatic heterocycles. The van der Waals surface area contributed by atoms with E-state index in [2.05, 4.69) is 28.1 Å². The monoisotopic (exact) mass is 518 g/mol. The van der Waals surface area contributed by atoms with Gasteiger partial charge in [0.15, 0.2) is 0 Å². The number of methoxy groups -OCH3 is 3. The Bertz CT molecular complexity index is 1540. The number of nitrogens with one attached hydrogen (secondary N) is 4. The van der Waals surface area contributed by atoms with E-state index < -0.39 is 17.7 Å². The highest BCUT2D eigenvalue weighted by Gasteiger charge is 2.18. The van der Waals surface area contributed by atoms with Crippen LogP contribution >= 0.6 is 0 Å². The number of furan rings is 1. The molecule has 11 nitrogen and oxygen atoms in total. The third kappa shape index (κ3) is 5.62. The summed E-state index contributed by atoms with van der Waals surface area (Å²) in [5.41, 5.74) is 6.79. The van der Waals surface area contributed by atoms with E-state index >= 15 is 0 Å². The summed E-state index contributed by atoms with van der Waals surface area (Å²) >= 11 is 0. The number of hydrazine groups is 1. The molecule has 11 heteroatoms. The number of carbonyl (C=O) groups excluding carboxylic acids is 3. The Morgan fingerprint density at radius 1 is 0.763 bits per heavy atom. The number of para-hydroxylation sites is 1. The average molecular weight is 519 g/mol. The van der Waals surface area contributed by atoms with Crippen LogP contribution in [0.15, 0.2) is 71.3 Å². The lowest BCUT2D eigenvalue weighted by Gasteiger charge is -2.14. The van der Waals surface area contributed by atoms with Gasteiger partial charge in [0, 0.05) is 28.6 Å². The molecule has 0 saturated heterocycles. The van der Waals surface area contributed by atoms with E-state index in [9.17, 15) is 14.4 Å². The van der Waals surface area contributed by atoms with Crippen molar-refractivity contribution in [2.75, 3.05) is 32.0 Å². The zero-order chi connectivity index (χ0) is 27.2. The minimum atomic E-state index is -1.01. The quantitative estimate of drug-likeness (QED) is 0.194. The molecule has 3 aromatic carbocycles. The summed E-state index contributed by atoms with van der Waals surface area (Å²) in [6, 6.07) is 15.8. The zero-order valence-electron chi connectivity index (χ0n) is 21.0. The number of hydrogen-bond acceptors (Lipinski definition) is 8. The summed E-state index contributed by atoms with van der Waals surface area (Å²) < 4.78 is 21.6. The summed E-state index contributed by atoms with van der Waals surface area (Å²) in [6.07, 6.45) is -0.201. The Hall–Kier alpha value is -5.19. The van der Waals surface area contributed by atoms with Gasteiger partial charge in [-0.25, -0.2) is 0 Å². The van der Waals surface area contributed by atoms with E-state index in [1.54, 1.807) is 24.3 Å². The molecule has 0 fully saturated rings. The van der Waals surface area contributed by atoms with Gasteiger partial charge in [-0.3, -0.25) is 19.8 Å². The van der Waals surface area contributed by atoms with E-state index in [1.807, 2.05) is 24.3 Å². The Labute approximate surface area is 217 Å². The maximum Gasteiger partial charge on any atom is 0.327 e. The summed E-state index contributed by atoms with van der Waals surface area (Å²) in [5.74, 6) is -1.14. The first kappa shape index (κ1) is 25.9. The van der Waals surface area contributed by atoms with E-state index in [-0.39, 0.29) is 17.8 Å². The molecule has 38 heavy (non-hydrogen) atoms. The van der Waals surface area contributed by atoms with Crippen LogP contribution in [-0.2, 0) is 14.4 Å². The molecule has 196 valence electrons. The molecule has 0 radical (unpaired) electrons. The van der Waals surface area contributed by atoms with Crippen LogP contribution in [0, 0.1) is 0 Å². The molecule has 4 N–H and O–H groups in total. The Kier molecular flexibility index (Phi) is 7.66. The molecule has 0 spiro atoms. The van der Waals surface area contributed by atoms with Crippen molar-refractivity contribution in [3.63, 3.8) is 0 Å². The van der Waals surface area contributed by atoms with Crippen LogP contribution in [0.25, 0.3) is 21.9 Å². The molecule has 1 heterocycles. The van der Waals surface area contributed by atoms with Crippen LogP contribution in [0.1, 0.15) is 6.42 Å². The Morgan fingerprint density at radius 3 is 2.24 bits per heavy atom. The second-order valence-corrected chi connectivity index (χ2v) is 8.07. The lowest BCUT2D eigenvalue weighted by molar-refractivity contribution is -0.136. The lowest BCUT2D eigenvalue weighted by atomic mass is 10.1. The predicted molar refractivity (Wildman–Crippen MR) is 142 cm³/mol. The van der Waals surface area contributed by atoms with Crippen molar-refractivity contribution >= 4 is 51.0 Å². The molecular weight excluding hydrogens is 492 g/mol. The van der Waals surface area contributed by atoms with Crippen LogP contribution in [-0.4, -0.2) is 39.1 Å². The average Bonchev–Trinajstić information content (AvgIpc) is 3.28. The smallest absolute Gasteiger partial charge is 0.327 e. The fourth-order valence-corrected chi connectivity index (χ4v) is 3.74. The number of amides is 3. The molecular formula is C27H26N4O7. The second kappa shape index (κ2) is 11.2. The number of carbonyl (C=O) groups is 3. The number of hydrogen-bond donors (Lipinski definition) is 4. The molecule has 4 aromatic rings. The second-order valence-electron chi connectivity index (χ2n) is 8.07.